The van der Waals surface area contributed by atoms with Gasteiger partial charge in [-0.1, -0.05) is 5.16 Å². The summed E-state index contributed by atoms with van der Waals surface area (Å²) in [5.74, 6) is 1.54. The third kappa shape index (κ3) is 3.51. The summed E-state index contributed by atoms with van der Waals surface area (Å²) >= 11 is 0. The second kappa shape index (κ2) is 7.60. The Morgan fingerprint density at radius 3 is 2.44 bits per heavy atom. The average Bonchev–Trinajstić information content (AvgIpc) is 3.26. The Morgan fingerprint density at radius 1 is 1.11 bits per heavy atom. The van der Waals surface area contributed by atoms with Gasteiger partial charge in [-0.05, 0) is 42.5 Å². The number of rotatable bonds is 4. The first-order valence-corrected chi connectivity index (χ1v) is 9.37. The lowest BCUT2D eigenvalue weighted by Gasteiger charge is -2.40. The van der Waals surface area contributed by atoms with Gasteiger partial charge in [-0.2, -0.15) is 0 Å². The molecule has 0 radical (unpaired) electrons. The van der Waals surface area contributed by atoms with Gasteiger partial charge in [-0.25, -0.2) is 0 Å². The molecule has 0 atom stereocenters. The molecule has 7 heteroatoms. The van der Waals surface area contributed by atoms with Gasteiger partial charge < -0.3 is 18.9 Å². The van der Waals surface area contributed by atoms with Gasteiger partial charge in [0.25, 0.3) is 5.91 Å². The van der Waals surface area contributed by atoms with Crippen LogP contribution in [0.15, 0.2) is 29.0 Å². The van der Waals surface area contributed by atoms with Crippen LogP contribution in [-0.2, 0) is 13.0 Å². The largest absolute Gasteiger partial charge is 0.493 e. The number of benzene rings is 1. The molecular weight excluding hydrogens is 346 g/mol. The fourth-order valence-corrected chi connectivity index (χ4v) is 4.14. The van der Waals surface area contributed by atoms with Crippen LogP contribution in [0.3, 0.4) is 0 Å². The van der Waals surface area contributed by atoms with Crippen molar-refractivity contribution in [1.29, 1.82) is 0 Å². The topological polar surface area (TPSA) is 68.0 Å². The van der Waals surface area contributed by atoms with Crippen LogP contribution in [-0.4, -0.2) is 60.8 Å². The van der Waals surface area contributed by atoms with Crippen LogP contribution < -0.4 is 9.47 Å². The predicted octanol–water partition coefficient (Wildman–Crippen LogP) is 2.35. The van der Waals surface area contributed by atoms with E-state index in [9.17, 15) is 4.79 Å². The number of amides is 1. The molecule has 0 spiro atoms. The molecule has 1 amide bonds. The summed E-state index contributed by atoms with van der Waals surface area (Å²) in [5.41, 5.74) is 3.03. The van der Waals surface area contributed by atoms with Crippen LogP contribution in [0.1, 0.15) is 34.5 Å². The van der Waals surface area contributed by atoms with E-state index in [0.29, 0.717) is 11.7 Å². The fourth-order valence-electron chi connectivity index (χ4n) is 4.14. The Labute approximate surface area is 158 Å². The molecule has 7 nitrogen and oxygen atoms in total. The lowest BCUT2D eigenvalue weighted by molar-refractivity contribution is 0.0590. The van der Waals surface area contributed by atoms with Crippen LogP contribution >= 0.6 is 0 Å². The normalized spacial score (nSPS) is 18.2. The van der Waals surface area contributed by atoms with Crippen molar-refractivity contribution in [3.05, 3.63) is 41.3 Å². The summed E-state index contributed by atoms with van der Waals surface area (Å²) in [6.07, 6.45) is 4.40. The molecule has 0 bridgehead atoms. The lowest BCUT2D eigenvalue weighted by Crippen LogP contribution is -2.48. The summed E-state index contributed by atoms with van der Waals surface area (Å²) in [5, 5.41) is 3.76. The van der Waals surface area contributed by atoms with E-state index in [1.54, 1.807) is 20.3 Å². The average molecular weight is 371 g/mol. The molecule has 0 aliphatic carbocycles. The molecule has 3 heterocycles. The summed E-state index contributed by atoms with van der Waals surface area (Å²) < 4.78 is 15.7. The van der Waals surface area contributed by atoms with Crippen LogP contribution in [0.2, 0.25) is 0 Å². The van der Waals surface area contributed by atoms with Gasteiger partial charge in [0.05, 0.1) is 14.2 Å². The van der Waals surface area contributed by atoms with Crippen molar-refractivity contribution in [3.63, 3.8) is 0 Å². The Hall–Kier alpha value is -2.54. The van der Waals surface area contributed by atoms with E-state index >= 15 is 0 Å². The molecular formula is C20H25N3O4. The molecule has 27 heavy (non-hydrogen) atoms. The van der Waals surface area contributed by atoms with Crippen molar-refractivity contribution in [2.45, 2.75) is 31.8 Å². The molecule has 2 aliphatic rings. The van der Waals surface area contributed by atoms with Gasteiger partial charge >= 0.3 is 0 Å². The zero-order valence-electron chi connectivity index (χ0n) is 15.8. The first-order chi connectivity index (χ1) is 13.2. The van der Waals surface area contributed by atoms with Gasteiger partial charge in [0.1, 0.15) is 6.26 Å². The standard InChI is InChI=1S/C20H25N3O4/c1-25-18-11-14-3-7-23(13-15(14)12-19(18)26-2)16-4-8-22(9-5-16)20(24)17-6-10-27-21-17/h6,10-12,16H,3-5,7-9,13H2,1-2H3. The van der Waals surface area contributed by atoms with Crippen molar-refractivity contribution in [2.24, 2.45) is 0 Å². The molecule has 2 aromatic rings. The molecule has 0 saturated carbocycles. The lowest BCUT2D eigenvalue weighted by atomic mass is 9.94. The summed E-state index contributed by atoms with van der Waals surface area (Å²) in [6, 6.07) is 6.32. The number of carbonyl (C=O) groups excluding carboxylic acids is 1. The highest BCUT2D eigenvalue weighted by Crippen LogP contribution is 2.34. The van der Waals surface area contributed by atoms with Gasteiger partial charge in [0, 0.05) is 38.3 Å². The number of methoxy groups -OCH3 is 2. The second-order valence-corrected chi connectivity index (χ2v) is 7.10. The maximum absolute atomic E-state index is 12.4. The highest BCUT2D eigenvalue weighted by atomic mass is 16.5. The van der Waals surface area contributed by atoms with E-state index in [2.05, 4.69) is 22.2 Å². The molecule has 0 unspecified atom stereocenters. The van der Waals surface area contributed by atoms with Crippen molar-refractivity contribution < 1.29 is 18.8 Å². The number of piperidine rings is 1. The van der Waals surface area contributed by atoms with Crippen molar-refractivity contribution in [2.75, 3.05) is 33.9 Å². The van der Waals surface area contributed by atoms with Crippen LogP contribution in [0.25, 0.3) is 0 Å². The number of hydrogen-bond donors (Lipinski definition) is 0. The molecule has 144 valence electrons. The van der Waals surface area contributed by atoms with E-state index in [4.69, 9.17) is 14.0 Å². The minimum atomic E-state index is -0.0389. The van der Waals surface area contributed by atoms with E-state index < -0.39 is 0 Å². The number of hydrogen-bond acceptors (Lipinski definition) is 6. The van der Waals surface area contributed by atoms with Gasteiger partial charge in [-0.15, -0.1) is 0 Å². The quantitative estimate of drug-likeness (QED) is 0.822. The summed E-state index contributed by atoms with van der Waals surface area (Å²) in [6.45, 7) is 3.46. The highest BCUT2D eigenvalue weighted by molar-refractivity contribution is 5.92. The molecule has 1 aromatic carbocycles. The minimum absolute atomic E-state index is 0.0389. The third-order valence-corrected chi connectivity index (χ3v) is 5.67. The number of aromatic nitrogens is 1. The number of carbonyl (C=O) groups is 1. The predicted molar refractivity (Wildman–Crippen MR) is 99.1 cm³/mol. The van der Waals surface area contributed by atoms with E-state index in [-0.39, 0.29) is 5.91 Å². The summed E-state index contributed by atoms with van der Waals surface area (Å²) in [7, 11) is 3.35. The zero-order chi connectivity index (χ0) is 18.8. The first kappa shape index (κ1) is 17.9. The molecule has 2 aliphatic heterocycles. The molecule has 1 aromatic heterocycles. The highest BCUT2D eigenvalue weighted by Gasteiger charge is 2.30. The Bertz CT molecular complexity index is 798. The number of nitrogens with zero attached hydrogens (tertiary/aromatic N) is 3. The maximum Gasteiger partial charge on any atom is 0.276 e. The minimum Gasteiger partial charge on any atom is -0.493 e. The molecule has 0 N–H and O–H groups in total. The van der Waals surface area contributed by atoms with E-state index in [1.807, 2.05) is 4.90 Å². The van der Waals surface area contributed by atoms with Crippen LogP contribution in [0, 0.1) is 0 Å². The smallest absolute Gasteiger partial charge is 0.276 e. The third-order valence-electron chi connectivity index (χ3n) is 5.67. The van der Waals surface area contributed by atoms with Gasteiger partial charge in [-0.3, -0.25) is 9.69 Å². The van der Waals surface area contributed by atoms with E-state index in [0.717, 1.165) is 56.9 Å². The maximum atomic E-state index is 12.4. The Balaban J connectivity index is 1.39. The SMILES string of the molecule is COc1cc2c(cc1OC)CN(C1CCN(C(=O)c3ccon3)CC1)CC2. The number of fused-ring (bicyclic) bond motifs is 1. The summed E-state index contributed by atoms with van der Waals surface area (Å²) in [4.78, 5) is 16.8. The monoisotopic (exact) mass is 371 g/mol. The Kier molecular flexibility index (Phi) is 5.03. The van der Waals surface area contributed by atoms with Crippen molar-refractivity contribution in [3.8, 4) is 11.5 Å². The van der Waals surface area contributed by atoms with Crippen molar-refractivity contribution >= 4 is 5.91 Å². The van der Waals surface area contributed by atoms with Gasteiger partial charge in [0.2, 0.25) is 0 Å². The second-order valence-electron chi connectivity index (χ2n) is 7.10. The molecule has 4 rings (SSSR count). The molecule has 1 saturated heterocycles. The van der Waals surface area contributed by atoms with Gasteiger partial charge in [0.15, 0.2) is 17.2 Å². The number of likely N-dealkylation sites (tertiary alicyclic amines) is 1. The van der Waals surface area contributed by atoms with Crippen LogP contribution in [0.5, 0.6) is 11.5 Å². The van der Waals surface area contributed by atoms with E-state index in [1.165, 1.54) is 17.4 Å². The van der Waals surface area contributed by atoms with Crippen molar-refractivity contribution in [1.82, 2.24) is 15.0 Å². The molecule has 1 fully saturated rings. The number of ether oxygens (including phenoxy) is 2. The first-order valence-electron chi connectivity index (χ1n) is 9.37. The van der Waals surface area contributed by atoms with Crippen LogP contribution in [0.4, 0.5) is 0 Å². The Morgan fingerprint density at radius 2 is 1.81 bits per heavy atom. The zero-order valence-corrected chi connectivity index (χ0v) is 15.8. The fraction of sp³-hybridized carbons (Fsp3) is 0.500.